The molecule has 0 spiro atoms. The van der Waals surface area contributed by atoms with Gasteiger partial charge in [0.05, 0.1) is 0 Å². The van der Waals surface area contributed by atoms with Gasteiger partial charge in [0.25, 0.3) is 0 Å². The van der Waals surface area contributed by atoms with Crippen LogP contribution in [0.4, 0.5) is 0 Å². The van der Waals surface area contributed by atoms with Crippen molar-refractivity contribution in [2.45, 2.75) is 52.6 Å². The Morgan fingerprint density at radius 2 is 1.15 bits per heavy atom. The van der Waals surface area contributed by atoms with Gasteiger partial charge in [0.15, 0.2) is 0 Å². The van der Waals surface area contributed by atoms with Crippen LogP contribution in [0.2, 0.25) is 13.1 Å². The van der Waals surface area contributed by atoms with Gasteiger partial charge in [0.2, 0.25) is 0 Å². The quantitative estimate of drug-likeness (QED) is 0.333. The van der Waals surface area contributed by atoms with Crippen molar-refractivity contribution in [1.29, 1.82) is 0 Å². The van der Waals surface area contributed by atoms with E-state index in [9.17, 15) is 0 Å². The van der Waals surface area contributed by atoms with Gasteiger partial charge in [-0.3, -0.25) is 0 Å². The number of hydrogen-bond acceptors (Lipinski definition) is 0. The summed E-state index contributed by atoms with van der Waals surface area (Å²) < 4.78 is 0. The summed E-state index contributed by atoms with van der Waals surface area (Å²) in [6.45, 7) is 9.03. The number of allylic oxidation sites excluding steroid dienone is 8. The van der Waals surface area contributed by atoms with Gasteiger partial charge in [-0.25, -0.2) is 36.1 Å². The van der Waals surface area contributed by atoms with Crippen LogP contribution < -0.4 is 24.8 Å². The molecule has 143 valence electrons. The molecule has 26 heavy (non-hydrogen) atoms. The Morgan fingerprint density at radius 3 is 1.46 bits per heavy atom. The van der Waals surface area contributed by atoms with Crippen molar-refractivity contribution in [2.75, 3.05) is 0 Å². The minimum Gasteiger partial charge on any atom is -1.00 e. The molecule has 4 rings (SSSR count). The summed E-state index contributed by atoms with van der Waals surface area (Å²) in [6.07, 6.45) is 23.5. The Hall–Kier alpha value is 0.380. The van der Waals surface area contributed by atoms with Crippen molar-refractivity contribution in [3.63, 3.8) is 0 Å². The third kappa shape index (κ3) is 9.05. The maximum absolute atomic E-state index is 2.41. The second-order valence-electron chi connectivity index (χ2n) is 7.39. The molecule has 1 radical (unpaired) electrons. The number of fused-ring (bicyclic) bond motifs is 2. The van der Waals surface area contributed by atoms with Gasteiger partial charge >= 0.3 is 26.2 Å². The van der Waals surface area contributed by atoms with Crippen molar-refractivity contribution in [2.24, 2.45) is 23.7 Å². The molecular formula is C22H33Cl2SiZr. The summed E-state index contributed by atoms with van der Waals surface area (Å²) >= 11 is 0. The first-order valence-electron chi connectivity index (χ1n) is 9.31. The smallest absolute Gasteiger partial charge is 1.00 e. The molecule has 4 aliphatic rings. The van der Waals surface area contributed by atoms with Crippen molar-refractivity contribution in [3.8, 4) is 0 Å². The zero-order valence-corrected chi connectivity index (χ0v) is 21.7. The van der Waals surface area contributed by atoms with Gasteiger partial charge in [0.1, 0.15) is 0 Å². The molecule has 0 aromatic rings. The van der Waals surface area contributed by atoms with E-state index in [1.54, 1.807) is 11.1 Å². The van der Waals surface area contributed by atoms with E-state index < -0.39 is 0 Å². The standard InChI is InChI=1S/2C10H13.C2H7Si.2ClH.Zr/c2*1-8-6-9-4-2-3-5-10(9)7-8;1-3-2;;;/h2*2-4,6,8,10H,5,7H2,1H3;3H,1-2H3;2*1H;/q2*-1;;;;+4/p-2. The number of rotatable bonds is 0. The van der Waals surface area contributed by atoms with E-state index in [1.165, 1.54) is 25.7 Å². The van der Waals surface area contributed by atoms with Crippen LogP contribution in [0.5, 0.6) is 0 Å². The zero-order chi connectivity index (χ0) is 16.7. The van der Waals surface area contributed by atoms with Crippen molar-refractivity contribution >= 4 is 9.52 Å². The first kappa shape index (κ1) is 28.6. The molecule has 4 aliphatic carbocycles. The zero-order valence-electron chi connectivity index (χ0n) is 16.6. The van der Waals surface area contributed by atoms with Crippen molar-refractivity contribution in [1.82, 2.24) is 0 Å². The van der Waals surface area contributed by atoms with Gasteiger partial charge < -0.3 is 24.8 Å². The fourth-order valence-electron chi connectivity index (χ4n) is 3.93. The molecule has 4 atom stereocenters. The monoisotopic (exact) mass is 485 g/mol. The van der Waals surface area contributed by atoms with Gasteiger partial charge in [-0.2, -0.15) is 0 Å². The Morgan fingerprint density at radius 1 is 0.808 bits per heavy atom. The van der Waals surface area contributed by atoms with Crippen LogP contribution in [0.1, 0.15) is 39.5 Å². The molecule has 0 aliphatic heterocycles. The third-order valence-corrected chi connectivity index (χ3v) is 4.90. The fourth-order valence-corrected chi connectivity index (χ4v) is 3.93. The SMILES string of the molecule is CC1[CH-]C2=CC=CCC2C1.CC1[CH-]C2=CC=CCC2C1.C[SiH]C.[Cl-].[Cl-].[Zr+4]. The Balaban J connectivity index is 0. The summed E-state index contributed by atoms with van der Waals surface area (Å²) in [7, 11) is 0.750. The van der Waals surface area contributed by atoms with E-state index >= 15 is 0 Å². The fraction of sp³-hybridized carbons (Fsp3) is 0.545. The molecule has 2 fully saturated rings. The molecular weight excluding hydrogens is 454 g/mol. The van der Waals surface area contributed by atoms with Gasteiger partial charge in [-0.15, -0.1) is 24.3 Å². The summed E-state index contributed by atoms with van der Waals surface area (Å²) in [5.41, 5.74) is 3.16. The first-order valence-corrected chi connectivity index (χ1v) is 11.6. The summed E-state index contributed by atoms with van der Waals surface area (Å²) in [5.74, 6) is 3.35. The van der Waals surface area contributed by atoms with E-state index in [-0.39, 0.29) is 51.0 Å². The molecule has 0 aromatic carbocycles. The minimum absolute atomic E-state index is 0. The normalized spacial score (nSPS) is 28.9. The Kier molecular flexibility index (Phi) is 16.8. The van der Waals surface area contributed by atoms with Crippen LogP contribution in [-0.2, 0) is 26.2 Å². The van der Waals surface area contributed by atoms with Gasteiger partial charge in [-0.1, -0.05) is 51.6 Å². The Bertz CT molecular complexity index is 452. The molecule has 0 amide bonds. The van der Waals surface area contributed by atoms with E-state index in [0.717, 1.165) is 33.2 Å². The maximum Gasteiger partial charge on any atom is 4.00 e. The Labute approximate surface area is 196 Å². The van der Waals surface area contributed by atoms with E-state index in [0.29, 0.717) is 0 Å². The predicted octanol–water partition coefficient (Wildman–Crippen LogP) is -0.00942. The molecule has 0 aromatic heterocycles. The molecule has 0 nitrogen and oxygen atoms in total. The summed E-state index contributed by atoms with van der Waals surface area (Å²) in [6, 6.07) is 0. The van der Waals surface area contributed by atoms with E-state index in [2.05, 4.69) is 76.2 Å². The number of hydrogen-bond donors (Lipinski definition) is 0. The van der Waals surface area contributed by atoms with E-state index in [4.69, 9.17) is 0 Å². The third-order valence-electron chi connectivity index (χ3n) is 4.90. The second-order valence-corrected chi connectivity index (χ2v) is 8.55. The van der Waals surface area contributed by atoms with Crippen LogP contribution in [0.3, 0.4) is 0 Å². The van der Waals surface area contributed by atoms with E-state index in [1.807, 2.05) is 0 Å². The molecule has 4 heteroatoms. The van der Waals surface area contributed by atoms with Gasteiger partial charge in [-0.05, 0) is 24.7 Å². The largest absolute Gasteiger partial charge is 4.00 e. The average Bonchev–Trinajstić information content (AvgIpc) is 3.08. The van der Waals surface area contributed by atoms with Gasteiger partial charge in [0, 0.05) is 9.52 Å². The molecule has 4 unspecified atom stereocenters. The molecule has 0 bridgehead atoms. The van der Waals surface area contributed by atoms with Crippen molar-refractivity contribution in [3.05, 3.63) is 60.4 Å². The summed E-state index contributed by atoms with van der Waals surface area (Å²) in [4.78, 5) is 0. The maximum atomic E-state index is 2.41. The van der Waals surface area contributed by atoms with Crippen LogP contribution >= 0.6 is 0 Å². The second kappa shape index (κ2) is 15.3. The first-order chi connectivity index (χ1) is 11.1. The van der Waals surface area contributed by atoms with Crippen LogP contribution in [0, 0.1) is 36.5 Å². The molecule has 0 heterocycles. The topological polar surface area (TPSA) is 0 Å². The molecule has 0 saturated heterocycles. The van der Waals surface area contributed by atoms with Crippen LogP contribution in [-0.4, -0.2) is 9.52 Å². The average molecular weight is 488 g/mol. The molecule has 0 N–H and O–H groups in total. The molecule has 2 saturated carbocycles. The van der Waals surface area contributed by atoms with Crippen molar-refractivity contribution < 1.29 is 51.0 Å². The number of halogens is 2. The van der Waals surface area contributed by atoms with Crippen LogP contribution in [0.15, 0.2) is 47.6 Å². The summed E-state index contributed by atoms with van der Waals surface area (Å²) in [5, 5.41) is 0. The minimum atomic E-state index is 0. The predicted molar refractivity (Wildman–Crippen MR) is 106 cm³/mol. The van der Waals surface area contributed by atoms with Crippen LogP contribution in [0.25, 0.3) is 0 Å².